The molecule has 4 aromatic heterocycles. The first kappa shape index (κ1) is 22.2. The van der Waals surface area contributed by atoms with E-state index in [9.17, 15) is 14.4 Å². The number of carbonyl (C=O) groups excluding carboxylic acids is 1. The van der Waals surface area contributed by atoms with E-state index in [1.54, 1.807) is 28.1 Å². The molecule has 2 aliphatic heterocycles. The van der Waals surface area contributed by atoms with Gasteiger partial charge in [-0.15, -0.1) is 0 Å². The van der Waals surface area contributed by atoms with E-state index < -0.39 is 11.9 Å². The molecule has 1 saturated heterocycles. The minimum Gasteiger partial charge on any atom is -0.469 e. The van der Waals surface area contributed by atoms with E-state index >= 15 is 0 Å². The molecule has 11 heteroatoms. The lowest BCUT2D eigenvalue weighted by atomic mass is 10.0. The minimum absolute atomic E-state index is 0.00913. The molecule has 0 saturated carbocycles. The average Bonchev–Trinajstić information content (AvgIpc) is 3.41. The van der Waals surface area contributed by atoms with Gasteiger partial charge >= 0.3 is 0 Å². The quantitative estimate of drug-likeness (QED) is 0.461. The molecule has 1 amide bonds. The van der Waals surface area contributed by atoms with Crippen LogP contribution >= 0.6 is 0 Å². The smallest absolute Gasteiger partial charge is 0.272 e. The molecule has 1 atom stereocenters. The molecule has 36 heavy (non-hydrogen) atoms. The zero-order valence-corrected chi connectivity index (χ0v) is 19.8. The third-order valence-corrected chi connectivity index (χ3v) is 6.83. The van der Waals surface area contributed by atoms with Gasteiger partial charge in [-0.05, 0) is 32.0 Å². The Kier molecular flexibility index (Phi) is 5.19. The predicted octanol–water partition coefficient (Wildman–Crippen LogP) is 2.48. The molecule has 0 spiro atoms. The Morgan fingerprint density at radius 1 is 1.22 bits per heavy atom. The molecule has 1 unspecified atom stereocenters. The maximum Gasteiger partial charge on any atom is 0.272 e. The van der Waals surface area contributed by atoms with Gasteiger partial charge in [0.1, 0.15) is 35.0 Å². The number of hydrogen-bond donors (Lipinski definition) is 1. The standard InChI is InChI=1S/C25H23FN8O2/c1-14-23(31-33-6-5-32(19-11-28-12-19)25(35)24(14)33)16-7-21-30-13-18(9-27)34(21)22(8-16)36-15(2)20-4-3-17(26)10-29-20/h3-4,7-8,10,13,15,19,28H,5-6,11-12H2,1-2H3. The molecule has 1 N–H and O–H groups in total. The second-order valence-corrected chi connectivity index (χ2v) is 9.05. The third-order valence-electron chi connectivity index (χ3n) is 6.83. The third kappa shape index (κ3) is 3.49. The first-order valence-electron chi connectivity index (χ1n) is 11.7. The lowest BCUT2D eigenvalue weighted by Crippen LogP contribution is -2.60. The second-order valence-electron chi connectivity index (χ2n) is 9.05. The fraction of sp³-hybridized carbons (Fsp3) is 0.320. The fourth-order valence-electron chi connectivity index (χ4n) is 4.79. The van der Waals surface area contributed by atoms with E-state index in [1.807, 2.05) is 17.9 Å². The topological polar surface area (TPSA) is 113 Å². The van der Waals surface area contributed by atoms with Crippen LogP contribution in [0.1, 0.15) is 40.5 Å². The van der Waals surface area contributed by atoms with Crippen LogP contribution in [0.25, 0.3) is 16.9 Å². The van der Waals surface area contributed by atoms with Crippen LogP contribution in [-0.4, -0.2) is 60.6 Å². The molecule has 6 rings (SSSR count). The Balaban J connectivity index is 1.42. The summed E-state index contributed by atoms with van der Waals surface area (Å²) in [4.78, 5) is 23.7. The minimum atomic E-state index is -0.527. The summed E-state index contributed by atoms with van der Waals surface area (Å²) in [5, 5.41) is 17.6. The summed E-state index contributed by atoms with van der Waals surface area (Å²) in [6, 6.07) is 8.85. The van der Waals surface area contributed by atoms with Crippen molar-refractivity contribution >= 4 is 11.6 Å². The van der Waals surface area contributed by atoms with Crippen LogP contribution in [0.5, 0.6) is 5.88 Å². The number of hydrogen-bond acceptors (Lipinski definition) is 7. The number of nitriles is 1. The van der Waals surface area contributed by atoms with Gasteiger partial charge in [-0.3, -0.25) is 18.9 Å². The van der Waals surface area contributed by atoms with Gasteiger partial charge in [-0.1, -0.05) is 0 Å². The van der Waals surface area contributed by atoms with E-state index in [0.717, 1.165) is 30.4 Å². The van der Waals surface area contributed by atoms with Crippen LogP contribution in [0, 0.1) is 24.1 Å². The predicted molar refractivity (Wildman–Crippen MR) is 127 cm³/mol. The van der Waals surface area contributed by atoms with E-state index in [4.69, 9.17) is 9.84 Å². The van der Waals surface area contributed by atoms with Crippen LogP contribution in [0.2, 0.25) is 0 Å². The van der Waals surface area contributed by atoms with Crippen molar-refractivity contribution in [3.63, 3.8) is 0 Å². The maximum absolute atomic E-state index is 13.3. The van der Waals surface area contributed by atoms with Gasteiger partial charge in [0.25, 0.3) is 5.91 Å². The lowest BCUT2D eigenvalue weighted by molar-refractivity contribution is 0.0542. The van der Waals surface area contributed by atoms with Gasteiger partial charge in [0.05, 0.1) is 36.4 Å². The Morgan fingerprint density at radius 2 is 2.06 bits per heavy atom. The highest BCUT2D eigenvalue weighted by molar-refractivity contribution is 5.96. The van der Waals surface area contributed by atoms with E-state index in [0.29, 0.717) is 47.4 Å². The average molecular weight is 487 g/mol. The SMILES string of the molecule is Cc1c(-c2cc(OC(C)c3ccc(F)cn3)n3c(C#N)cnc3c2)nn2c1C(=O)N(C1CNC1)CC2. The van der Waals surface area contributed by atoms with Crippen molar-refractivity contribution in [1.29, 1.82) is 5.26 Å². The van der Waals surface area contributed by atoms with E-state index in [-0.39, 0.29) is 11.9 Å². The van der Waals surface area contributed by atoms with Crippen molar-refractivity contribution in [3.8, 4) is 23.2 Å². The largest absolute Gasteiger partial charge is 0.469 e. The van der Waals surface area contributed by atoms with Crippen molar-refractivity contribution < 1.29 is 13.9 Å². The van der Waals surface area contributed by atoms with Gasteiger partial charge in [-0.25, -0.2) is 9.37 Å². The summed E-state index contributed by atoms with van der Waals surface area (Å²) in [7, 11) is 0. The molecule has 182 valence electrons. The molecular formula is C25H23FN8O2. The van der Waals surface area contributed by atoms with Gasteiger partial charge in [0.2, 0.25) is 5.88 Å². The van der Waals surface area contributed by atoms with Crippen LogP contribution in [0.4, 0.5) is 4.39 Å². The number of aromatic nitrogens is 5. The van der Waals surface area contributed by atoms with Gasteiger partial charge in [0.15, 0.2) is 0 Å². The van der Waals surface area contributed by atoms with Crippen molar-refractivity contribution in [2.24, 2.45) is 0 Å². The summed E-state index contributed by atoms with van der Waals surface area (Å²) in [6.45, 7) is 6.57. The first-order chi connectivity index (χ1) is 17.4. The Morgan fingerprint density at radius 3 is 2.75 bits per heavy atom. The van der Waals surface area contributed by atoms with Crippen molar-refractivity contribution in [3.05, 3.63) is 65.1 Å². The van der Waals surface area contributed by atoms with Gasteiger partial charge in [-0.2, -0.15) is 10.4 Å². The number of rotatable bonds is 5. The van der Waals surface area contributed by atoms with E-state index in [1.165, 1.54) is 12.3 Å². The Bertz CT molecular complexity index is 1530. The van der Waals surface area contributed by atoms with E-state index in [2.05, 4.69) is 21.4 Å². The van der Waals surface area contributed by atoms with Crippen LogP contribution in [-0.2, 0) is 6.54 Å². The number of halogens is 1. The maximum atomic E-state index is 13.3. The molecule has 10 nitrogen and oxygen atoms in total. The number of pyridine rings is 2. The summed E-state index contributed by atoms with van der Waals surface area (Å²) >= 11 is 0. The Hall–Kier alpha value is -4.30. The summed E-state index contributed by atoms with van der Waals surface area (Å²) < 4.78 is 23.0. The van der Waals surface area contributed by atoms with Crippen molar-refractivity contribution in [2.45, 2.75) is 32.5 Å². The summed E-state index contributed by atoms with van der Waals surface area (Å²) in [6.07, 6.45) is 2.09. The zero-order valence-electron chi connectivity index (χ0n) is 19.8. The van der Waals surface area contributed by atoms with Gasteiger partial charge < -0.3 is 15.0 Å². The van der Waals surface area contributed by atoms with Gasteiger partial charge in [0, 0.05) is 36.8 Å². The van der Waals surface area contributed by atoms with Crippen LogP contribution in [0.15, 0.2) is 36.7 Å². The molecule has 0 bridgehead atoms. The number of nitrogens with one attached hydrogen (secondary N) is 1. The highest BCUT2D eigenvalue weighted by Gasteiger charge is 2.36. The lowest BCUT2D eigenvalue weighted by Gasteiger charge is -2.40. The highest BCUT2D eigenvalue weighted by atomic mass is 19.1. The summed E-state index contributed by atoms with van der Waals surface area (Å²) in [5.74, 6) is -0.0724. The number of imidazole rings is 1. The summed E-state index contributed by atoms with van der Waals surface area (Å²) in [5.41, 5.74) is 4.12. The zero-order chi connectivity index (χ0) is 25.0. The molecule has 2 aliphatic rings. The van der Waals surface area contributed by atoms with Crippen LogP contribution < -0.4 is 10.1 Å². The molecule has 1 fully saturated rings. The second kappa shape index (κ2) is 8.42. The molecule has 6 heterocycles. The van der Waals surface area contributed by atoms with Crippen molar-refractivity contribution in [2.75, 3.05) is 19.6 Å². The fourth-order valence-corrected chi connectivity index (χ4v) is 4.79. The number of fused-ring (bicyclic) bond motifs is 2. The van der Waals surface area contributed by atoms with Crippen LogP contribution in [0.3, 0.4) is 0 Å². The number of amides is 1. The number of carbonyl (C=O) groups is 1. The highest BCUT2D eigenvalue weighted by Crippen LogP contribution is 2.33. The Labute approximate surface area is 205 Å². The molecular weight excluding hydrogens is 463 g/mol. The molecule has 0 radical (unpaired) electrons. The normalized spacial score (nSPS) is 16.5. The first-order valence-corrected chi connectivity index (χ1v) is 11.7. The number of nitrogens with zero attached hydrogens (tertiary/aromatic N) is 7. The monoisotopic (exact) mass is 486 g/mol. The van der Waals surface area contributed by atoms with Crippen molar-refractivity contribution in [1.82, 2.24) is 34.4 Å². The molecule has 0 aromatic carbocycles. The molecule has 0 aliphatic carbocycles. The number of ether oxygens (including phenoxy) is 1. The molecule has 4 aromatic rings.